The van der Waals surface area contributed by atoms with Crippen LogP contribution >= 0.6 is 0 Å². The lowest BCUT2D eigenvalue weighted by Gasteiger charge is -2.27. The summed E-state index contributed by atoms with van der Waals surface area (Å²) in [5, 5.41) is 2.71. The van der Waals surface area contributed by atoms with Gasteiger partial charge in [-0.2, -0.15) is 0 Å². The Balaban J connectivity index is 1.59. The van der Waals surface area contributed by atoms with Crippen molar-refractivity contribution >= 4 is 23.3 Å². The van der Waals surface area contributed by atoms with Gasteiger partial charge in [0.25, 0.3) is 5.56 Å². The van der Waals surface area contributed by atoms with Crippen molar-refractivity contribution in [2.75, 3.05) is 42.9 Å². The SMILES string of the molecule is CC(=O)N1CCCN(Cc2ccc(F)cc2)CCN(CC(=O)Nc2cc(=O)n(C)c(=O)n2C)Cc2ccccc21. The van der Waals surface area contributed by atoms with Gasteiger partial charge in [0, 0.05) is 72.0 Å². The average Bonchev–Trinajstić information content (AvgIpc) is 2.95. The van der Waals surface area contributed by atoms with Crippen molar-refractivity contribution in [3.8, 4) is 0 Å². The van der Waals surface area contributed by atoms with E-state index in [9.17, 15) is 23.6 Å². The Kier molecular flexibility index (Phi) is 9.28. The Bertz CT molecular complexity index is 1480. The second-order valence-corrected chi connectivity index (χ2v) is 10.1. The van der Waals surface area contributed by atoms with Crippen molar-refractivity contribution in [3.63, 3.8) is 0 Å². The molecular formula is C29H35FN6O4. The van der Waals surface area contributed by atoms with Crippen LogP contribution in [-0.4, -0.2) is 63.5 Å². The summed E-state index contributed by atoms with van der Waals surface area (Å²) in [5.74, 6) is -0.601. The second kappa shape index (κ2) is 12.8. The molecule has 0 aliphatic carbocycles. The maximum Gasteiger partial charge on any atom is 0.332 e. The zero-order valence-electron chi connectivity index (χ0n) is 23.1. The van der Waals surface area contributed by atoms with Crippen LogP contribution in [0.1, 0.15) is 24.5 Å². The fourth-order valence-electron chi connectivity index (χ4n) is 4.90. The molecule has 0 unspecified atom stereocenters. The molecule has 0 spiro atoms. The minimum Gasteiger partial charge on any atom is -0.312 e. The molecule has 40 heavy (non-hydrogen) atoms. The summed E-state index contributed by atoms with van der Waals surface area (Å²) in [5.41, 5.74) is 1.65. The van der Waals surface area contributed by atoms with Crippen molar-refractivity contribution in [1.82, 2.24) is 18.9 Å². The van der Waals surface area contributed by atoms with Crippen LogP contribution in [0.25, 0.3) is 0 Å². The maximum absolute atomic E-state index is 13.5. The van der Waals surface area contributed by atoms with Crippen LogP contribution in [0.5, 0.6) is 0 Å². The number of carbonyl (C=O) groups is 2. The molecule has 2 heterocycles. The third-order valence-corrected chi connectivity index (χ3v) is 7.13. The number of amides is 2. The lowest BCUT2D eigenvalue weighted by molar-refractivity contribution is -0.118. The number of halogens is 1. The van der Waals surface area contributed by atoms with Crippen LogP contribution in [0.3, 0.4) is 0 Å². The molecule has 0 radical (unpaired) electrons. The van der Waals surface area contributed by atoms with Gasteiger partial charge >= 0.3 is 5.69 Å². The number of para-hydroxylation sites is 1. The summed E-state index contributed by atoms with van der Waals surface area (Å²) in [6.07, 6.45) is 0.743. The molecule has 1 N–H and O–H groups in total. The maximum atomic E-state index is 13.5. The first kappa shape index (κ1) is 28.9. The number of hydrogen-bond donors (Lipinski definition) is 1. The molecular weight excluding hydrogens is 515 g/mol. The lowest BCUT2D eigenvalue weighted by atomic mass is 10.1. The smallest absolute Gasteiger partial charge is 0.312 e. The standard InChI is InChI=1S/C29H35FN6O4/c1-21(37)36-14-6-13-34(18-22-9-11-24(30)12-10-22)15-16-35(19-23-7-4-5-8-25(23)36)20-27(38)31-26-17-28(39)33(3)29(40)32(26)2/h4-5,7-12,17H,6,13-16,18-20H2,1-3H3,(H,31,38). The Hall–Kier alpha value is -4.09. The summed E-state index contributed by atoms with van der Waals surface area (Å²) >= 11 is 0. The quantitative estimate of drug-likeness (QED) is 0.521. The summed E-state index contributed by atoms with van der Waals surface area (Å²) < 4.78 is 15.6. The van der Waals surface area contributed by atoms with E-state index in [0.29, 0.717) is 39.3 Å². The van der Waals surface area contributed by atoms with Crippen molar-refractivity contribution in [2.45, 2.75) is 26.4 Å². The fraction of sp³-hybridized carbons (Fsp3) is 0.379. The van der Waals surface area contributed by atoms with Gasteiger partial charge in [-0.15, -0.1) is 0 Å². The van der Waals surface area contributed by atoms with Crippen LogP contribution in [-0.2, 0) is 36.8 Å². The molecule has 0 fully saturated rings. The van der Waals surface area contributed by atoms with Gasteiger partial charge in [-0.3, -0.25) is 33.3 Å². The fourth-order valence-corrected chi connectivity index (χ4v) is 4.90. The van der Waals surface area contributed by atoms with E-state index >= 15 is 0 Å². The highest BCUT2D eigenvalue weighted by molar-refractivity contribution is 5.92. The van der Waals surface area contributed by atoms with E-state index < -0.39 is 11.2 Å². The first-order chi connectivity index (χ1) is 19.1. The summed E-state index contributed by atoms with van der Waals surface area (Å²) in [4.78, 5) is 56.2. The Morgan fingerprint density at radius 1 is 0.900 bits per heavy atom. The van der Waals surface area contributed by atoms with Crippen LogP contribution in [0.4, 0.5) is 15.9 Å². The van der Waals surface area contributed by atoms with Gasteiger partial charge in [0.2, 0.25) is 11.8 Å². The minimum atomic E-state index is -0.535. The highest BCUT2D eigenvalue weighted by Crippen LogP contribution is 2.24. The van der Waals surface area contributed by atoms with Gasteiger partial charge in [0.1, 0.15) is 11.6 Å². The molecule has 0 saturated carbocycles. The van der Waals surface area contributed by atoms with Gasteiger partial charge in [0.05, 0.1) is 6.54 Å². The largest absolute Gasteiger partial charge is 0.332 e. The van der Waals surface area contributed by atoms with E-state index in [0.717, 1.165) is 27.8 Å². The molecule has 4 rings (SSSR count). The summed E-state index contributed by atoms with van der Waals surface area (Å²) in [7, 11) is 2.87. The lowest BCUT2D eigenvalue weighted by Crippen LogP contribution is -2.41. The number of aromatic nitrogens is 2. The van der Waals surface area contributed by atoms with E-state index in [4.69, 9.17) is 0 Å². The third-order valence-electron chi connectivity index (χ3n) is 7.13. The number of hydrogen-bond acceptors (Lipinski definition) is 6. The van der Waals surface area contributed by atoms with Gasteiger partial charge < -0.3 is 10.2 Å². The third kappa shape index (κ3) is 7.10. The second-order valence-electron chi connectivity index (χ2n) is 10.1. The van der Waals surface area contributed by atoms with E-state index in [1.54, 1.807) is 24.0 Å². The number of benzene rings is 2. The predicted octanol–water partition coefficient (Wildman–Crippen LogP) is 1.92. The van der Waals surface area contributed by atoms with Crippen LogP contribution in [0.15, 0.2) is 64.2 Å². The molecule has 0 bridgehead atoms. The van der Waals surface area contributed by atoms with Crippen molar-refractivity contribution in [3.05, 3.63) is 92.4 Å². The number of nitrogens with zero attached hydrogens (tertiary/aromatic N) is 5. The summed E-state index contributed by atoms with van der Waals surface area (Å²) in [6, 6.07) is 15.3. The number of rotatable bonds is 5. The first-order valence-electron chi connectivity index (χ1n) is 13.2. The molecule has 0 atom stereocenters. The normalized spacial score (nSPS) is 15.2. The molecule has 10 nitrogen and oxygen atoms in total. The molecule has 1 aliphatic rings. The van der Waals surface area contributed by atoms with E-state index in [1.165, 1.54) is 36.9 Å². The summed E-state index contributed by atoms with van der Waals surface area (Å²) in [6.45, 7) is 4.99. The number of fused-ring (bicyclic) bond motifs is 1. The van der Waals surface area contributed by atoms with E-state index in [2.05, 4.69) is 10.2 Å². The average molecular weight is 551 g/mol. The number of carbonyl (C=O) groups excluding carboxylic acids is 2. The van der Waals surface area contributed by atoms with Gasteiger partial charge in [-0.25, -0.2) is 9.18 Å². The zero-order valence-corrected chi connectivity index (χ0v) is 23.1. The van der Waals surface area contributed by atoms with Gasteiger partial charge in [-0.1, -0.05) is 30.3 Å². The van der Waals surface area contributed by atoms with E-state index in [1.807, 2.05) is 29.2 Å². The highest BCUT2D eigenvalue weighted by atomic mass is 19.1. The first-order valence-corrected chi connectivity index (χ1v) is 13.2. The molecule has 0 saturated heterocycles. The molecule has 2 aromatic carbocycles. The molecule has 3 aromatic rings. The van der Waals surface area contributed by atoms with Crippen LogP contribution < -0.4 is 21.5 Å². The van der Waals surface area contributed by atoms with Gasteiger partial charge in [-0.05, 0) is 35.7 Å². The Morgan fingerprint density at radius 3 is 2.33 bits per heavy atom. The number of nitrogens with one attached hydrogen (secondary N) is 1. The molecule has 2 amide bonds. The Morgan fingerprint density at radius 2 is 1.60 bits per heavy atom. The van der Waals surface area contributed by atoms with Gasteiger partial charge in [0.15, 0.2) is 0 Å². The zero-order chi connectivity index (χ0) is 28.8. The minimum absolute atomic E-state index is 0.00218. The van der Waals surface area contributed by atoms with Crippen molar-refractivity contribution in [1.29, 1.82) is 0 Å². The predicted molar refractivity (Wildman–Crippen MR) is 152 cm³/mol. The molecule has 1 aromatic heterocycles. The van der Waals surface area contributed by atoms with Crippen LogP contribution in [0, 0.1) is 5.82 Å². The van der Waals surface area contributed by atoms with Crippen molar-refractivity contribution < 1.29 is 14.0 Å². The van der Waals surface area contributed by atoms with E-state index in [-0.39, 0.29) is 30.0 Å². The number of anilines is 2. The highest BCUT2D eigenvalue weighted by Gasteiger charge is 2.21. The monoisotopic (exact) mass is 550 g/mol. The molecule has 1 aliphatic heterocycles. The molecule has 212 valence electrons. The van der Waals surface area contributed by atoms with Crippen LogP contribution in [0.2, 0.25) is 0 Å². The molecule has 11 heteroatoms. The van der Waals surface area contributed by atoms with Crippen molar-refractivity contribution in [2.24, 2.45) is 14.1 Å². The Labute approximate surface area is 232 Å². The topological polar surface area (TPSA) is 99.9 Å².